The summed E-state index contributed by atoms with van der Waals surface area (Å²) in [6.07, 6.45) is 2.88. The normalized spacial score (nSPS) is 14.3. The number of carbonyl (C=O) groups is 1. The molecule has 0 radical (unpaired) electrons. The molecule has 4 aromatic rings. The zero-order chi connectivity index (χ0) is 25.2. The number of benzene rings is 3. The molecule has 6 heteroatoms. The summed E-state index contributed by atoms with van der Waals surface area (Å²) in [6.45, 7) is 4.40. The number of para-hydroxylation sites is 1. The van der Waals surface area contributed by atoms with E-state index in [9.17, 15) is 9.59 Å². The number of hydrogen-bond acceptors (Lipinski definition) is 4. The van der Waals surface area contributed by atoms with E-state index in [4.69, 9.17) is 9.72 Å². The van der Waals surface area contributed by atoms with Crippen molar-refractivity contribution in [2.75, 3.05) is 7.11 Å². The number of carbonyl (C=O) groups excluding carboxylic acids is 1. The van der Waals surface area contributed by atoms with Gasteiger partial charge in [-0.15, -0.1) is 0 Å². The van der Waals surface area contributed by atoms with Crippen LogP contribution in [0, 0.1) is 12.8 Å². The molecule has 184 valence electrons. The smallest absolute Gasteiger partial charge is 0.266 e. The van der Waals surface area contributed by atoms with Gasteiger partial charge in [0.05, 0.1) is 29.7 Å². The van der Waals surface area contributed by atoms with E-state index in [1.807, 2.05) is 85.5 Å². The highest BCUT2D eigenvalue weighted by molar-refractivity contribution is 5.81. The number of hydrogen-bond donors (Lipinski definition) is 0. The maximum absolute atomic E-state index is 13.9. The van der Waals surface area contributed by atoms with Crippen LogP contribution in [0.2, 0.25) is 0 Å². The second-order valence-corrected chi connectivity index (χ2v) is 9.56. The van der Waals surface area contributed by atoms with Crippen LogP contribution in [0.15, 0.2) is 77.6 Å². The fourth-order valence-corrected chi connectivity index (χ4v) is 4.85. The third kappa shape index (κ3) is 4.39. The maximum atomic E-state index is 13.9. The van der Waals surface area contributed by atoms with Crippen LogP contribution in [0.5, 0.6) is 5.75 Å². The van der Waals surface area contributed by atoms with E-state index >= 15 is 0 Å². The molecule has 0 saturated heterocycles. The largest absolute Gasteiger partial charge is 0.495 e. The molecule has 1 aromatic heterocycles. The Morgan fingerprint density at radius 3 is 2.50 bits per heavy atom. The molecule has 1 fully saturated rings. The SMILES string of the molecule is COc1ccc(C)cc1-n1c(C(C)N(Cc2ccccc2)C(=O)C2CCC2)nc2ccccc2c1=O. The average molecular weight is 482 g/mol. The lowest BCUT2D eigenvalue weighted by Crippen LogP contribution is -2.42. The van der Waals surface area contributed by atoms with Crippen molar-refractivity contribution in [3.63, 3.8) is 0 Å². The van der Waals surface area contributed by atoms with Gasteiger partial charge in [-0.2, -0.15) is 0 Å². The van der Waals surface area contributed by atoms with Crippen LogP contribution in [-0.2, 0) is 11.3 Å². The topological polar surface area (TPSA) is 64.4 Å². The van der Waals surface area contributed by atoms with E-state index in [1.54, 1.807) is 17.7 Å². The standard InChI is InChI=1S/C30H31N3O3/c1-20-16-17-27(36-3)26(18-20)33-28(31-25-15-8-7-14-24(25)30(33)35)21(2)32(29(34)23-12-9-13-23)19-22-10-5-4-6-11-22/h4-8,10-11,14-18,21,23H,9,12-13,19H2,1-3H3. The Balaban J connectivity index is 1.71. The van der Waals surface area contributed by atoms with E-state index in [0.717, 1.165) is 30.4 Å². The van der Waals surface area contributed by atoms with Gasteiger partial charge >= 0.3 is 0 Å². The molecular weight excluding hydrogens is 450 g/mol. The predicted octanol–water partition coefficient (Wildman–Crippen LogP) is 5.59. The summed E-state index contributed by atoms with van der Waals surface area (Å²) in [5.74, 6) is 1.23. The van der Waals surface area contributed by atoms with Gasteiger partial charge in [-0.1, -0.05) is 55.0 Å². The van der Waals surface area contributed by atoms with Gasteiger partial charge in [-0.3, -0.25) is 14.2 Å². The molecular formula is C30H31N3O3. The van der Waals surface area contributed by atoms with Crippen LogP contribution in [0.25, 0.3) is 16.6 Å². The molecule has 0 spiro atoms. The Morgan fingerprint density at radius 1 is 1.08 bits per heavy atom. The van der Waals surface area contributed by atoms with Crippen LogP contribution in [-0.4, -0.2) is 27.5 Å². The first-order valence-electron chi connectivity index (χ1n) is 12.5. The molecule has 0 N–H and O–H groups in total. The molecule has 0 bridgehead atoms. The van der Waals surface area contributed by atoms with Crippen molar-refractivity contribution in [2.24, 2.45) is 5.92 Å². The highest BCUT2D eigenvalue weighted by Crippen LogP contribution is 2.34. The van der Waals surface area contributed by atoms with E-state index < -0.39 is 6.04 Å². The highest BCUT2D eigenvalue weighted by Gasteiger charge is 2.34. The molecule has 6 nitrogen and oxygen atoms in total. The van der Waals surface area contributed by atoms with Crippen LogP contribution < -0.4 is 10.3 Å². The molecule has 1 amide bonds. The van der Waals surface area contributed by atoms with Crippen LogP contribution in [0.4, 0.5) is 0 Å². The number of fused-ring (bicyclic) bond motifs is 1. The Labute approximate surface area is 211 Å². The maximum Gasteiger partial charge on any atom is 0.266 e. The molecule has 5 rings (SSSR count). The fourth-order valence-electron chi connectivity index (χ4n) is 4.85. The summed E-state index contributed by atoms with van der Waals surface area (Å²) < 4.78 is 7.29. The Kier molecular flexibility index (Phi) is 6.59. The Morgan fingerprint density at radius 2 is 1.81 bits per heavy atom. The lowest BCUT2D eigenvalue weighted by Gasteiger charge is -2.36. The van der Waals surface area contributed by atoms with Gasteiger partial charge in [0.1, 0.15) is 11.6 Å². The number of ether oxygens (including phenoxy) is 1. The zero-order valence-corrected chi connectivity index (χ0v) is 21.0. The first kappa shape index (κ1) is 23.8. The van der Waals surface area contributed by atoms with Crippen molar-refractivity contribution in [1.82, 2.24) is 14.5 Å². The quantitative estimate of drug-likeness (QED) is 0.345. The van der Waals surface area contributed by atoms with Gasteiger partial charge in [0.2, 0.25) is 5.91 Å². The molecule has 3 aromatic carbocycles. The van der Waals surface area contributed by atoms with Crippen molar-refractivity contribution < 1.29 is 9.53 Å². The molecule has 1 unspecified atom stereocenters. The minimum absolute atomic E-state index is 0.0188. The molecule has 1 atom stereocenters. The van der Waals surface area contributed by atoms with E-state index in [0.29, 0.717) is 34.7 Å². The second kappa shape index (κ2) is 9.97. The number of rotatable bonds is 7. The summed E-state index contributed by atoms with van der Waals surface area (Å²) in [5, 5.41) is 0.525. The van der Waals surface area contributed by atoms with Gasteiger partial charge in [-0.05, 0) is 62.1 Å². The predicted molar refractivity (Wildman–Crippen MR) is 141 cm³/mol. The van der Waals surface area contributed by atoms with Crippen LogP contribution in [0.3, 0.4) is 0 Å². The molecule has 1 aliphatic carbocycles. The third-order valence-corrected chi connectivity index (χ3v) is 7.15. The van der Waals surface area contributed by atoms with Crippen molar-refractivity contribution >= 4 is 16.8 Å². The number of aryl methyl sites for hydroxylation is 1. The van der Waals surface area contributed by atoms with Gasteiger partial charge < -0.3 is 9.64 Å². The summed E-state index contributed by atoms with van der Waals surface area (Å²) in [7, 11) is 1.60. The minimum Gasteiger partial charge on any atom is -0.495 e. The summed E-state index contributed by atoms with van der Waals surface area (Å²) in [4.78, 5) is 34.5. The molecule has 1 aliphatic rings. The van der Waals surface area contributed by atoms with Gasteiger partial charge in [0.15, 0.2) is 0 Å². The molecule has 0 aliphatic heterocycles. The number of amides is 1. The molecule has 1 saturated carbocycles. The Hall–Kier alpha value is -3.93. The minimum atomic E-state index is -0.444. The van der Waals surface area contributed by atoms with E-state index in [-0.39, 0.29) is 17.4 Å². The van der Waals surface area contributed by atoms with E-state index in [1.165, 1.54) is 0 Å². The number of methoxy groups -OCH3 is 1. The van der Waals surface area contributed by atoms with E-state index in [2.05, 4.69) is 0 Å². The number of nitrogens with zero attached hydrogens (tertiary/aromatic N) is 3. The first-order chi connectivity index (χ1) is 17.5. The molecule has 36 heavy (non-hydrogen) atoms. The fraction of sp³-hybridized carbons (Fsp3) is 0.300. The van der Waals surface area contributed by atoms with Crippen molar-refractivity contribution in [1.29, 1.82) is 0 Å². The highest BCUT2D eigenvalue weighted by atomic mass is 16.5. The van der Waals surface area contributed by atoms with Gasteiger partial charge in [0.25, 0.3) is 5.56 Å². The average Bonchev–Trinajstić information content (AvgIpc) is 2.86. The first-order valence-corrected chi connectivity index (χ1v) is 12.5. The van der Waals surface area contributed by atoms with Crippen molar-refractivity contribution in [3.05, 3.63) is 100 Å². The van der Waals surface area contributed by atoms with Crippen LogP contribution in [0.1, 0.15) is 49.2 Å². The van der Waals surface area contributed by atoms with Crippen molar-refractivity contribution in [3.8, 4) is 11.4 Å². The van der Waals surface area contributed by atoms with Crippen molar-refractivity contribution in [2.45, 2.75) is 45.7 Å². The second-order valence-electron chi connectivity index (χ2n) is 9.56. The van der Waals surface area contributed by atoms with Gasteiger partial charge in [-0.25, -0.2) is 4.98 Å². The number of aromatic nitrogens is 2. The Bertz CT molecular complexity index is 1460. The summed E-state index contributed by atoms with van der Waals surface area (Å²) >= 11 is 0. The summed E-state index contributed by atoms with van der Waals surface area (Å²) in [5.41, 5.74) is 3.10. The lowest BCUT2D eigenvalue weighted by molar-refractivity contribution is -0.141. The lowest BCUT2D eigenvalue weighted by atomic mass is 9.84. The van der Waals surface area contributed by atoms with Gasteiger partial charge in [0, 0.05) is 12.5 Å². The van der Waals surface area contributed by atoms with Crippen LogP contribution >= 0.6 is 0 Å². The summed E-state index contributed by atoms with van der Waals surface area (Å²) in [6, 6.07) is 22.6. The third-order valence-electron chi connectivity index (χ3n) is 7.15. The monoisotopic (exact) mass is 481 g/mol. The zero-order valence-electron chi connectivity index (χ0n) is 21.0. The molecule has 1 heterocycles.